The molecule has 0 aliphatic rings. The van der Waals surface area contributed by atoms with E-state index in [1.165, 1.54) is 0 Å². The number of hydrogen-bond acceptors (Lipinski definition) is 3. The van der Waals surface area contributed by atoms with E-state index in [9.17, 15) is 13.2 Å². The normalized spacial score (nSPS) is 9.97. The third-order valence-electron chi connectivity index (χ3n) is 3.91. The lowest BCUT2D eigenvalue weighted by Gasteiger charge is -2.13. The first-order valence-electron chi connectivity index (χ1n) is 10.4. The van der Waals surface area contributed by atoms with Crippen LogP contribution in [0.25, 0.3) is 0 Å². The molecule has 6 heteroatoms. The minimum Gasteiger partial charge on any atom is -0.322 e. The van der Waals surface area contributed by atoms with E-state index in [1.807, 2.05) is 82.3 Å². The third-order valence-corrected chi connectivity index (χ3v) is 4.50. The van der Waals surface area contributed by atoms with Crippen LogP contribution in [0.2, 0.25) is 0 Å². The predicted molar refractivity (Wildman–Crippen MR) is 131 cm³/mol. The van der Waals surface area contributed by atoms with Crippen LogP contribution in [0.15, 0.2) is 78.9 Å². The van der Waals surface area contributed by atoms with Gasteiger partial charge in [0, 0.05) is 5.69 Å². The monoisotopic (exact) mass is 440 g/mol. The largest absolute Gasteiger partial charge is 0.322 e. The summed E-state index contributed by atoms with van der Waals surface area (Å²) >= 11 is 0. The second kappa shape index (κ2) is 13.2. The van der Waals surface area contributed by atoms with Crippen molar-refractivity contribution in [1.29, 1.82) is 0 Å². The Bertz CT molecular complexity index is 1030. The fourth-order valence-electron chi connectivity index (χ4n) is 2.73. The topological polar surface area (TPSA) is 75.3 Å². The Labute approximate surface area is 186 Å². The summed E-state index contributed by atoms with van der Waals surface area (Å²) in [6.07, 6.45) is 1.70. The molecule has 0 atom stereocenters. The van der Waals surface area contributed by atoms with Gasteiger partial charge in [0.2, 0.25) is 10.0 Å². The van der Waals surface area contributed by atoms with Crippen molar-refractivity contribution in [1.82, 2.24) is 0 Å². The molecule has 31 heavy (non-hydrogen) atoms. The van der Waals surface area contributed by atoms with Gasteiger partial charge in [-0.15, -0.1) is 0 Å². The molecular weight excluding hydrogens is 408 g/mol. The Morgan fingerprint density at radius 3 is 1.87 bits per heavy atom. The first kappa shape index (κ1) is 25.9. The standard InChI is InChI=1S/C21H20N2O3S.2C2H6/c1-27(25,26)23-20-13-12-17(14-16-8-4-2-5-9-16)15-19(20)21(24)22-18-10-6-3-7-11-18;2*1-2/h2-13,15,23H,14H2,1H3,(H,22,24);2*1-2H3. The molecule has 0 bridgehead atoms. The summed E-state index contributed by atoms with van der Waals surface area (Å²) in [5.41, 5.74) is 3.19. The van der Waals surface area contributed by atoms with Crippen LogP contribution in [0.3, 0.4) is 0 Å². The lowest BCUT2D eigenvalue weighted by molar-refractivity contribution is 0.102. The van der Waals surface area contributed by atoms with Gasteiger partial charge in [0.15, 0.2) is 0 Å². The van der Waals surface area contributed by atoms with Gasteiger partial charge in [0.1, 0.15) is 0 Å². The van der Waals surface area contributed by atoms with Crippen molar-refractivity contribution in [3.05, 3.63) is 95.6 Å². The Morgan fingerprint density at radius 2 is 1.32 bits per heavy atom. The van der Waals surface area contributed by atoms with Gasteiger partial charge in [-0.05, 0) is 41.8 Å². The van der Waals surface area contributed by atoms with E-state index in [4.69, 9.17) is 0 Å². The molecule has 0 saturated carbocycles. The van der Waals surface area contributed by atoms with Crippen LogP contribution in [-0.2, 0) is 16.4 Å². The maximum atomic E-state index is 12.8. The van der Waals surface area contributed by atoms with Crippen molar-refractivity contribution in [2.45, 2.75) is 34.1 Å². The molecule has 3 rings (SSSR count). The summed E-state index contributed by atoms with van der Waals surface area (Å²) < 4.78 is 25.8. The highest BCUT2D eigenvalue weighted by molar-refractivity contribution is 7.92. The summed E-state index contributed by atoms with van der Waals surface area (Å²) in [5.74, 6) is -0.373. The van der Waals surface area contributed by atoms with Gasteiger partial charge in [-0.25, -0.2) is 8.42 Å². The number of anilines is 2. The molecule has 0 saturated heterocycles. The number of benzene rings is 3. The summed E-state index contributed by atoms with van der Waals surface area (Å²) in [7, 11) is -3.51. The zero-order valence-electron chi connectivity index (χ0n) is 18.8. The molecule has 0 aromatic heterocycles. The molecule has 0 radical (unpaired) electrons. The van der Waals surface area contributed by atoms with Crippen LogP contribution in [0.4, 0.5) is 11.4 Å². The molecule has 0 fully saturated rings. The highest BCUT2D eigenvalue weighted by Gasteiger charge is 2.15. The smallest absolute Gasteiger partial charge is 0.257 e. The molecular formula is C25H32N2O3S. The first-order chi connectivity index (χ1) is 14.9. The summed E-state index contributed by atoms with van der Waals surface area (Å²) in [6.45, 7) is 8.00. The van der Waals surface area contributed by atoms with Gasteiger partial charge in [-0.1, -0.05) is 82.3 Å². The van der Waals surface area contributed by atoms with Crippen molar-refractivity contribution < 1.29 is 13.2 Å². The van der Waals surface area contributed by atoms with Gasteiger partial charge in [0.05, 0.1) is 17.5 Å². The van der Waals surface area contributed by atoms with Crippen molar-refractivity contribution in [3.8, 4) is 0 Å². The molecule has 0 aliphatic heterocycles. The molecule has 2 N–H and O–H groups in total. The Balaban J connectivity index is 0.00000113. The Morgan fingerprint density at radius 1 is 0.774 bits per heavy atom. The molecule has 0 spiro atoms. The maximum absolute atomic E-state index is 12.8. The lowest BCUT2D eigenvalue weighted by Crippen LogP contribution is -2.18. The van der Waals surface area contributed by atoms with Crippen LogP contribution in [0.1, 0.15) is 49.2 Å². The van der Waals surface area contributed by atoms with Crippen LogP contribution in [0, 0.1) is 0 Å². The van der Waals surface area contributed by atoms with Crippen molar-refractivity contribution in [2.75, 3.05) is 16.3 Å². The van der Waals surface area contributed by atoms with E-state index in [1.54, 1.807) is 24.3 Å². The minimum absolute atomic E-state index is 0.253. The van der Waals surface area contributed by atoms with Crippen LogP contribution in [-0.4, -0.2) is 20.6 Å². The minimum atomic E-state index is -3.51. The van der Waals surface area contributed by atoms with Crippen molar-refractivity contribution in [3.63, 3.8) is 0 Å². The lowest BCUT2D eigenvalue weighted by atomic mass is 10.0. The second-order valence-corrected chi connectivity index (χ2v) is 7.99. The maximum Gasteiger partial charge on any atom is 0.257 e. The van der Waals surface area contributed by atoms with E-state index in [0.717, 1.165) is 17.4 Å². The Kier molecular flexibility index (Phi) is 11.1. The van der Waals surface area contributed by atoms with Crippen molar-refractivity contribution in [2.24, 2.45) is 0 Å². The number of amides is 1. The summed E-state index contributed by atoms with van der Waals surface area (Å²) in [4.78, 5) is 12.8. The molecule has 3 aromatic carbocycles. The van der Waals surface area contributed by atoms with Crippen LogP contribution in [0.5, 0.6) is 0 Å². The van der Waals surface area contributed by atoms with E-state index in [2.05, 4.69) is 10.0 Å². The van der Waals surface area contributed by atoms with E-state index in [-0.39, 0.29) is 17.2 Å². The number of para-hydroxylation sites is 1. The van der Waals surface area contributed by atoms with Crippen LogP contribution < -0.4 is 10.0 Å². The number of nitrogens with one attached hydrogen (secondary N) is 2. The summed E-state index contributed by atoms with van der Waals surface area (Å²) in [5, 5.41) is 2.80. The molecule has 1 amide bonds. The molecule has 5 nitrogen and oxygen atoms in total. The molecule has 0 aliphatic carbocycles. The predicted octanol–water partition coefficient (Wildman–Crippen LogP) is 5.95. The number of rotatable bonds is 6. The van der Waals surface area contributed by atoms with Crippen molar-refractivity contribution >= 4 is 27.3 Å². The van der Waals surface area contributed by atoms with Gasteiger partial charge >= 0.3 is 0 Å². The quantitative estimate of drug-likeness (QED) is 0.497. The average molecular weight is 441 g/mol. The Hall–Kier alpha value is -3.12. The van der Waals surface area contributed by atoms with Gasteiger partial charge in [-0.2, -0.15) is 0 Å². The highest BCUT2D eigenvalue weighted by Crippen LogP contribution is 2.22. The zero-order chi connectivity index (χ0) is 23.3. The van der Waals surface area contributed by atoms with Gasteiger partial charge < -0.3 is 5.32 Å². The summed E-state index contributed by atoms with van der Waals surface area (Å²) in [6, 6.07) is 24.1. The molecule has 0 unspecified atom stereocenters. The van der Waals surface area contributed by atoms with Crippen LogP contribution >= 0.6 is 0 Å². The second-order valence-electron chi connectivity index (χ2n) is 6.24. The zero-order valence-corrected chi connectivity index (χ0v) is 19.7. The highest BCUT2D eigenvalue weighted by atomic mass is 32.2. The number of sulfonamides is 1. The van der Waals surface area contributed by atoms with E-state index < -0.39 is 10.0 Å². The first-order valence-corrected chi connectivity index (χ1v) is 12.3. The SMILES string of the molecule is CC.CC.CS(=O)(=O)Nc1ccc(Cc2ccccc2)cc1C(=O)Nc1ccccc1. The van der Waals surface area contributed by atoms with E-state index in [0.29, 0.717) is 12.1 Å². The molecule has 166 valence electrons. The fraction of sp³-hybridized carbons (Fsp3) is 0.240. The number of carbonyl (C=O) groups is 1. The third kappa shape index (κ3) is 9.05. The molecule has 0 heterocycles. The fourth-order valence-corrected chi connectivity index (χ4v) is 3.31. The average Bonchev–Trinajstić information content (AvgIpc) is 2.78. The van der Waals surface area contributed by atoms with Gasteiger partial charge in [0.25, 0.3) is 5.91 Å². The van der Waals surface area contributed by atoms with Gasteiger partial charge in [-0.3, -0.25) is 9.52 Å². The van der Waals surface area contributed by atoms with E-state index >= 15 is 0 Å². The molecule has 3 aromatic rings. The number of carbonyl (C=O) groups excluding carboxylic acids is 1. The number of hydrogen-bond donors (Lipinski definition) is 2.